The molecule has 0 aliphatic carbocycles. The molecule has 1 aliphatic heterocycles. The number of aryl methyl sites for hydroxylation is 1. The number of piperazine rings is 1. The van der Waals surface area contributed by atoms with Gasteiger partial charge in [-0.1, -0.05) is 54.6 Å². The van der Waals surface area contributed by atoms with Gasteiger partial charge in [-0.15, -0.1) is 0 Å². The summed E-state index contributed by atoms with van der Waals surface area (Å²) in [6.07, 6.45) is 0.925. The van der Waals surface area contributed by atoms with E-state index in [0.29, 0.717) is 30.8 Å². The van der Waals surface area contributed by atoms with Crippen molar-refractivity contribution in [2.75, 3.05) is 43.4 Å². The van der Waals surface area contributed by atoms with Gasteiger partial charge in [-0.25, -0.2) is 0 Å². The smallest absolute Gasteiger partial charge is 0.306 e. The molecule has 1 saturated heterocycles. The standard InChI is InChI=1S/C31H33N5O3/c1-35-17-19-36(20-18-35)27-14-12-26(13-15-27)31(38)32-29-21-28(33-34-29)25-10-7-23(8-11-25)9-16-30(37)39-22-24-5-3-2-4-6-24/h2-8,10-15,21H,9,16-20,22H2,1H3,(H2,32,33,34,38). The molecule has 0 saturated carbocycles. The highest BCUT2D eigenvalue weighted by Crippen LogP contribution is 2.22. The van der Waals surface area contributed by atoms with E-state index in [2.05, 4.69) is 32.4 Å². The van der Waals surface area contributed by atoms with Crippen LogP contribution in [-0.4, -0.2) is 60.2 Å². The van der Waals surface area contributed by atoms with E-state index < -0.39 is 0 Å². The monoisotopic (exact) mass is 523 g/mol. The number of rotatable bonds is 9. The van der Waals surface area contributed by atoms with Crippen LogP contribution >= 0.6 is 0 Å². The van der Waals surface area contributed by atoms with Crippen LogP contribution in [0.25, 0.3) is 11.3 Å². The van der Waals surface area contributed by atoms with Crippen molar-refractivity contribution < 1.29 is 14.3 Å². The Hall–Kier alpha value is -4.43. The normalized spacial score (nSPS) is 13.7. The van der Waals surface area contributed by atoms with Crippen molar-refractivity contribution in [2.24, 2.45) is 0 Å². The molecule has 2 heterocycles. The molecule has 0 unspecified atom stereocenters. The number of hydrogen-bond acceptors (Lipinski definition) is 6. The number of ether oxygens (including phenoxy) is 1. The molecule has 2 N–H and O–H groups in total. The molecule has 0 bridgehead atoms. The molecular weight excluding hydrogens is 490 g/mol. The quantitative estimate of drug-likeness (QED) is 0.308. The van der Waals surface area contributed by atoms with E-state index in [1.807, 2.05) is 84.9 Å². The highest BCUT2D eigenvalue weighted by molar-refractivity contribution is 6.04. The number of esters is 1. The molecule has 1 aliphatic rings. The molecule has 200 valence electrons. The summed E-state index contributed by atoms with van der Waals surface area (Å²) >= 11 is 0. The molecule has 1 aromatic heterocycles. The number of nitrogens with zero attached hydrogens (tertiary/aromatic N) is 3. The summed E-state index contributed by atoms with van der Waals surface area (Å²) in [7, 11) is 2.13. The second kappa shape index (κ2) is 12.4. The summed E-state index contributed by atoms with van der Waals surface area (Å²) in [5, 5.41) is 10.1. The summed E-state index contributed by atoms with van der Waals surface area (Å²) < 4.78 is 5.36. The Balaban J connectivity index is 1.10. The third-order valence-electron chi connectivity index (χ3n) is 6.94. The molecule has 39 heavy (non-hydrogen) atoms. The molecule has 5 rings (SSSR count). The first kappa shape index (κ1) is 26.2. The van der Waals surface area contributed by atoms with Crippen molar-refractivity contribution in [1.82, 2.24) is 15.1 Å². The minimum Gasteiger partial charge on any atom is -0.461 e. The van der Waals surface area contributed by atoms with Crippen LogP contribution in [0.5, 0.6) is 0 Å². The van der Waals surface area contributed by atoms with Gasteiger partial charge in [-0.3, -0.25) is 14.7 Å². The van der Waals surface area contributed by atoms with Gasteiger partial charge in [0.25, 0.3) is 5.91 Å². The fraction of sp³-hybridized carbons (Fsp3) is 0.258. The lowest BCUT2D eigenvalue weighted by Gasteiger charge is -2.34. The van der Waals surface area contributed by atoms with E-state index in [-0.39, 0.29) is 11.9 Å². The molecule has 0 spiro atoms. The van der Waals surface area contributed by atoms with Gasteiger partial charge in [-0.05, 0) is 54.4 Å². The van der Waals surface area contributed by atoms with Crippen LogP contribution in [-0.2, 0) is 22.6 Å². The van der Waals surface area contributed by atoms with E-state index in [9.17, 15) is 9.59 Å². The van der Waals surface area contributed by atoms with Crippen LogP contribution in [0.2, 0.25) is 0 Å². The van der Waals surface area contributed by atoms with Crippen LogP contribution in [0.4, 0.5) is 11.5 Å². The van der Waals surface area contributed by atoms with Crippen LogP contribution < -0.4 is 10.2 Å². The average molecular weight is 524 g/mol. The molecule has 1 fully saturated rings. The molecule has 8 nitrogen and oxygen atoms in total. The Kier molecular flexibility index (Phi) is 8.33. The highest BCUT2D eigenvalue weighted by Gasteiger charge is 2.15. The summed E-state index contributed by atoms with van der Waals surface area (Å²) in [5.74, 6) is 0.0432. The van der Waals surface area contributed by atoms with Gasteiger partial charge in [0.05, 0.1) is 5.69 Å². The molecule has 1 amide bonds. The maximum atomic E-state index is 12.8. The highest BCUT2D eigenvalue weighted by atomic mass is 16.5. The Morgan fingerprint density at radius 1 is 0.897 bits per heavy atom. The number of hydrogen-bond donors (Lipinski definition) is 2. The van der Waals surface area contributed by atoms with Crippen molar-refractivity contribution in [3.8, 4) is 11.3 Å². The molecular formula is C31H33N5O3. The predicted octanol–water partition coefficient (Wildman–Crippen LogP) is 4.76. The van der Waals surface area contributed by atoms with Crippen LogP contribution in [0.15, 0.2) is 84.9 Å². The van der Waals surface area contributed by atoms with Crippen molar-refractivity contribution in [1.29, 1.82) is 0 Å². The van der Waals surface area contributed by atoms with E-state index >= 15 is 0 Å². The Morgan fingerprint density at radius 2 is 1.62 bits per heavy atom. The molecule has 3 aromatic carbocycles. The van der Waals surface area contributed by atoms with Gasteiger partial charge < -0.3 is 19.9 Å². The lowest BCUT2D eigenvalue weighted by molar-refractivity contribution is -0.144. The average Bonchev–Trinajstić information content (AvgIpc) is 3.44. The summed E-state index contributed by atoms with van der Waals surface area (Å²) in [4.78, 5) is 29.5. The zero-order valence-electron chi connectivity index (χ0n) is 22.1. The first-order valence-electron chi connectivity index (χ1n) is 13.2. The van der Waals surface area contributed by atoms with Crippen molar-refractivity contribution >= 4 is 23.4 Å². The van der Waals surface area contributed by atoms with E-state index in [1.54, 1.807) is 0 Å². The number of carbonyl (C=O) groups excluding carboxylic acids is 2. The zero-order chi connectivity index (χ0) is 27.0. The van der Waals surface area contributed by atoms with Gasteiger partial charge >= 0.3 is 5.97 Å². The van der Waals surface area contributed by atoms with Gasteiger partial charge in [0.2, 0.25) is 0 Å². The number of anilines is 2. The second-order valence-electron chi connectivity index (χ2n) is 9.80. The fourth-order valence-electron chi connectivity index (χ4n) is 4.52. The van der Waals surface area contributed by atoms with E-state index in [0.717, 1.165) is 54.3 Å². The molecule has 0 atom stereocenters. The van der Waals surface area contributed by atoms with E-state index in [1.165, 1.54) is 0 Å². The number of aromatic nitrogens is 2. The maximum Gasteiger partial charge on any atom is 0.306 e. The zero-order valence-corrected chi connectivity index (χ0v) is 22.1. The first-order valence-corrected chi connectivity index (χ1v) is 13.2. The maximum absolute atomic E-state index is 12.8. The van der Waals surface area contributed by atoms with Crippen molar-refractivity contribution in [3.05, 3.63) is 102 Å². The number of carbonyl (C=O) groups is 2. The fourth-order valence-corrected chi connectivity index (χ4v) is 4.52. The summed E-state index contributed by atoms with van der Waals surface area (Å²) in [6, 6.07) is 27.1. The Morgan fingerprint density at radius 3 is 2.33 bits per heavy atom. The SMILES string of the molecule is CN1CCN(c2ccc(C(=O)Nc3cc(-c4ccc(CCC(=O)OCc5ccccc5)cc4)[nH]n3)cc2)CC1. The number of likely N-dealkylation sites (N-methyl/N-ethyl adjacent to an activating group) is 1. The Labute approximate surface area is 228 Å². The third kappa shape index (κ3) is 7.12. The van der Waals surface area contributed by atoms with Gasteiger partial charge in [0, 0.05) is 49.9 Å². The Bertz CT molecular complexity index is 1380. The van der Waals surface area contributed by atoms with E-state index in [4.69, 9.17) is 4.74 Å². The second-order valence-corrected chi connectivity index (χ2v) is 9.80. The number of H-pyrrole nitrogens is 1. The molecule has 8 heteroatoms. The summed E-state index contributed by atoms with van der Waals surface area (Å²) in [6.45, 7) is 4.34. The lowest BCUT2D eigenvalue weighted by atomic mass is 10.1. The summed E-state index contributed by atoms with van der Waals surface area (Å²) in [5.41, 5.74) is 5.48. The molecule has 4 aromatic rings. The minimum absolute atomic E-state index is 0.201. The molecule has 0 radical (unpaired) electrons. The van der Waals surface area contributed by atoms with Crippen LogP contribution in [0, 0.1) is 0 Å². The largest absolute Gasteiger partial charge is 0.461 e. The topological polar surface area (TPSA) is 90.6 Å². The lowest BCUT2D eigenvalue weighted by Crippen LogP contribution is -2.44. The predicted molar refractivity (Wildman–Crippen MR) is 153 cm³/mol. The van der Waals surface area contributed by atoms with Crippen LogP contribution in [0.3, 0.4) is 0 Å². The van der Waals surface area contributed by atoms with Gasteiger partial charge in [-0.2, -0.15) is 5.10 Å². The first-order chi connectivity index (χ1) is 19.0. The van der Waals surface area contributed by atoms with Crippen molar-refractivity contribution in [2.45, 2.75) is 19.4 Å². The van der Waals surface area contributed by atoms with Gasteiger partial charge in [0.15, 0.2) is 5.82 Å². The minimum atomic E-state index is -0.217. The number of nitrogens with one attached hydrogen (secondary N) is 2. The number of benzene rings is 3. The number of amides is 1. The number of aromatic amines is 1. The van der Waals surface area contributed by atoms with Crippen LogP contribution in [0.1, 0.15) is 27.9 Å². The van der Waals surface area contributed by atoms with Crippen molar-refractivity contribution in [3.63, 3.8) is 0 Å². The van der Waals surface area contributed by atoms with Gasteiger partial charge in [0.1, 0.15) is 6.61 Å². The third-order valence-corrected chi connectivity index (χ3v) is 6.94.